The molecule has 0 spiro atoms. The van der Waals surface area contributed by atoms with E-state index >= 15 is 0 Å². The normalized spacial score (nSPS) is 18.2. The highest BCUT2D eigenvalue weighted by molar-refractivity contribution is 5.54. The fourth-order valence-electron chi connectivity index (χ4n) is 2.59. The van der Waals surface area contributed by atoms with Crippen LogP contribution in [0, 0.1) is 0 Å². The van der Waals surface area contributed by atoms with Crippen molar-refractivity contribution in [2.75, 3.05) is 5.32 Å². The molecular weight excluding hydrogens is 263 g/mol. The Bertz CT molecular complexity index is 602. The Morgan fingerprint density at radius 1 is 0.950 bits per heavy atom. The number of para-hydroxylation sites is 1. The SMILES string of the molecule is FC(F)(F)c1ccc(C2CCc3ccccc3N2)cc1. The molecule has 2 aromatic rings. The lowest BCUT2D eigenvalue weighted by Crippen LogP contribution is -2.18. The van der Waals surface area contributed by atoms with E-state index in [0.29, 0.717) is 0 Å². The van der Waals surface area contributed by atoms with Crippen LogP contribution in [0.1, 0.15) is 29.2 Å². The van der Waals surface area contributed by atoms with Crippen LogP contribution in [0.25, 0.3) is 0 Å². The molecule has 0 amide bonds. The van der Waals surface area contributed by atoms with Gasteiger partial charge in [0.1, 0.15) is 0 Å². The van der Waals surface area contributed by atoms with Gasteiger partial charge in [-0.25, -0.2) is 0 Å². The first-order chi connectivity index (χ1) is 9.54. The third-order valence-electron chi connectivity index (χ3n) is 3.69. The van der Waals surface area contributed by atoms with Crippen LogP contribution in [-0.4, -0.2) is 0 Å². The molecule has 2 aromatic carbocycles. The average Bonchev–Trinajstić information content (AvgIpc) is 2.46. The molecular formula is C16H14F3N. The lowest BCUT2D eigenvalue weighted by atomic mass is 9.93. The molecule has 0 saturated carbocycles. The van der Waals surface area contributed by atoms with Gasteiger partial charge in [0.25, 0.3) is 0 Å². The highest BCUT2D eigenvalue weighted by atomic mass is 19.4. The number of rotatable bonds is 1. The predicted molar refractivity (Wildman–Crippen MR) is 72.6 cm³/mol. The Balaban J connectivity index is 1.81. The van der Waals surface area contributed by atoms with Crippen LogP contribution in [-0.2, 0) is 12.6 Å². The van der Waals surface area contributed by atoms with Crippen LogP contribution in [0.4, 0.5) is 18.9 Å². The van der Waals surface area contributed by atoms with Crippen LogP contribution in [0.15, 0.2) is 48.5 Å². The number of hydrogen-bond acceptors (Lipinski definition) is 1. The van der Waals surface area contributed by atoms with Crippen molar-refractivity contribution in [1.29, 1.82) is 0 Å². The molecule has 4 heteroatoms. The number of aryl methyl sites for hydroxylation is 1. The molecule has 1 unspecified atom stereocenters. The molecule has 0 aromatic heterocycles. The number of hydrogen-bond donors (Lipinski definition) is 1. The topological polar surface area (TPSA) is 12.0 Å². The predicted octanol–water partition coefficient (Wildman–Crippen LogP) is 4.80. The van der Waals surface area contributed by atoms with Crippen LogP contribution in [0.2, 0.25) is 0 Å². The van der Waals surface area contributed by atoms with Gasteiger partial charge in [0.05, 0.1) is 11.6 Å². The summed E-state index contributed by atoms with van der Waals surface area (Å²) in [5, 5.41) is 3.39. The van der Waals surface area contributed by atoms with Gasteiger partial charge in [-0.15, -0.1) is 0 Å². The van der Waals surface area contributed by atoms with E-state index in [0.717, 1.165) is 36.2 Å². The van der Waals surface area contributed by atoms with E-state index < -0.39 is 11.7 Å². The summed E-state index contributed by atoms with van der Waals surface area (Å²) in [4.78, 5) is 0. The summed E-state index contributed by atoms with van der Waals surface area (Å²) >= 11 is 0. The number of benzene rings is 2. The van der Waals surface area contributed by atoms with Gasteiger partial charge in [-0.1, -0.05) is 30.3 Å². The van der Waals surface area contributed by atoms with E-state index in [4.69, 9.17) is 0 Å². The molecule has 1 aliphatic heterocycles. The first-order valence-electron chi connectivity index (χ1n) is 6.55. The Labute approximate surface area is 115 Å². The fourth-order valence-corrected chi connectivity index (χ4v) is 2.59. The van der Waals surface area contributed by atoms with Crippen LogP contribution in [0.3, 0.4) is 0 Å². The zero-order valence-electron chi connectivity index (χ0n) is 10.7. The van der Waals surface area contributed by atoms with E-state index in [1.807, 2.05) is 18.2 Å². The second-order valence-corrected chi connectivity index (χ2v) is 5.01. The van der Waals surface area contributed by atoms with Gasteiger partial charge in [-0.2, -0.15) is 13.2 Å². The fraction of sp³-hybridized carbons (Fsp3) is 0.250. The number of fused-ring (bicyclic) bond motifs is 1. The van der Waals surface area contributed by atoms with Crippen LogP contribution >= 0.6 is 0 Å². The van der Waals surface area contributed by atoms with E-state index in [1.54, 1.807) is 12.1 Å². The zero-order chi connectivity index (χ0) is 14.2. The minimum absolute atomic E-state index is 0.0761. The summed E-state index contributed by atoms with van der Waals surface area (Å²) in [6, 6.07) is 13.5. The Morgan fingerprint density at radius 3 is 2.35 bits per heavy atom. The molecule has 0 bridgehead atoms. The van der Waals surface area contributed by atoms with E-state index in [2.05, 4.69) is 11.4 Å². The average molecular weight is 277 g/mol. The Kier molecular flexibility index (Phi) is 3.16. The van der Waals surface area contributed by atoms with Gasteiger partial charge in [0.15, 0.2) is 0 Å². The molecule has 1 heterocycles. The second kappa shape index (κ2) is 4.85. The molecule has 0 saturated heterocycles. The smallest absolute Gasteiger partial charge is 0.378 e. The second-order valence-electron chi connectivity index (χ2n) is 5.01. The van der Waals surface area contributed by atoms with Crippen molar-refractivity contribution in [2.24, 2.45) is 0 Å². The number of halogens is 3. The lowest BCUT2D eigenvalue weighted by molar-refractivity contribution is -0.137. The first-order valence-corrected chi connectivity index (χ1v) is 6.55. The van der Waals surface area contributed by atoms with Gasteiger partial charge in [0.2, 0.25) is 0 Å². The van der Waals surface area contributed by atoms with E-state index in [-0.39, 0.29) is 6.04 Å². The summed E-state index contributed by atoms with van der Waals surface area (Å²) in [5.41, 5.74) is 2.63. The van der Waals surface area contributed by atoms with Crippen LogP contribution in [0.5, 0.6) is 0 Å². The maximum absolute atomic E-state index is 12.5. The molecule has 1 N–H and O–H groups in total. The molecule has 0 fully saturated rings. The van der Waals surface area contributed by atoms with Crippen molar-refractivity contribution >= 4 is 5.69 Å². The van der Waals surface area contributed by atoms with Crippen molar-refractivity contribution in [1.82, 2.24) is 0 Å². The van der Waals surface area contributed by atoms with Crippen molar-refractivity contribution in [3.63, 3.8) is 0 Å². The summed E-state index contributed by atoms with van der Waals surface area (Å²) < 4.78 is 37.6. The molecule has 20 heavy (non-hydrogen) atoms. The molecule has 0 aliphatic carbocycles. The third kappa shape index (κ3) is 2.50. The maximum atomic E-state index is 12.5. The summed E-state index contributed by atoms with van der Waals surface area (Å²) in [7, 11) is 0. The molecule has 1 atom stereocenters. The number of alkyl halides is 3. The Hall–Kier alpha value is -1.97. The monoisotopic (exact) mass is 277 g/mol. The standard InChI is InChI=1S/C16H14F3N/c17-16(18,19)13-8-5-12(6-9-13)15-10-7-11-3-1-2-4-14(11)20-15/h1-6,8-9,15,20H,7,10H2. The minimum Gasteiger partial charge on any atom is -0.378 e. The van der Waals surface area contributed by atoms with E-state index in [9.17, 15) is 13.2 Å². The largest absolute Gasteiger partial charge is 0.416 e. The molecule has 3 rings (SSSR count). The summed E-state index contributed by atoms with van der Waals surface area (Å²) in [6.07, 6.45) is -2.44. The number of nitrogens with one attached hydrogen (secondary N) is 1. The van der Waals surface area contributed by atoms with Crippen LogP contribution < -0.4 is 5.32 Å². The van der Waals surface area contributed by atoms with Gasteiger partial charge in [-0.3, -0.25) is 0 Å². The van der Waals surface area contributed by atoms with E-state index in [1.165, 1.54) is 5.56 Å². The van der Waals surface area contributed by atoms with Gasteiger partial charge in [-0.05, 0) is 42.2 Å². The molecule has 1 nitrogen and oxygen atoms in total. The molecule has 0 radical (unpaired) electrons. The first kappa shape index (κ1) is 13.0. The quantitative estimate of drug-likeness (QED) is 0.789. The highest BCUT2D eigenvalue weighted by Crippen LogP contribution is 2.34. The Morgan fingerprint density at radius 2 is 1.65 bits per heavy atom. The van der Waals surface area contributed by atoms with Gasteiger partial charge in [0, 0.05) is 5.69 Å². The van der Waals surface area contributed by atoms with Crippen molar-refractivity contribution < 1.29 is 13.2 Å². The molecule has 1 aliphatic rings. The minimum atomic E-state index is -4.27. The van der Waals surface area contributed by atoms with Crippen molar-refractivity contribution in [3.8, 4) is 0 Å². The maximum Gasteiger partial charge on any atom is 0.416 e. The zero-order valence-corrected chi connectivity index (χ0v) is 10.7. The number of anilines is 1. The lowest BCUT2D eigenvalue weighted by Gasteiger charge is -2.27. The summed E-state index contributed by atoms with van der Waals surface area (Å²) in [6.45, 7) is 0. The highest BCUT2D eigenvalue weighted by Gasteiger charge is 2.30. The summed E-state index contributed by atoms with van der Waals surface area (Å²) in [5.74, 6) is 0. The third-order valence-corrected chi connectivity index (χ3v) is 3.69. The molecule has 104 valence electrons. The van der Waals surface area contributed by atoms with Gasteiger partial charge < -0.3 is 5.32 Å². The van der Waals surface area contributed by atoms with Gasteiger partial charge >= 0.3 is 6.18 Å². The van der Waals surface area contributed by atoms with Crippen molar-refractivity contribution in [3.05, 3.63) is 65.2 Å². The van der Waals surface area contributed by atoms with Crippen molar-refractivity contribution in [2.45, 2.75) is 25.1 Å².